The van der Waals surface area contributed by atoms with E-state index >= 15 is 0 Å². The van der Waals surface area contributed by atoms with Gasteiger partial charge in [-0.3, -0.25) is 0 Å². The number of hydrogen-bond donors (Lipinski definition) is 2. The molecule has 1 aliphatic rings. The number of halogens is 2. The van der Waals surface area contributed by atoms with E-state index in [4.69, 9.17) is 23.2 Å². The zero-order valence-electron chi connectivity index (χ0n) is 10.1. The first-order valence-electron chi connectivity index (χ1n) is 5.82. The summed E-state index contributed by atoms with van der Waals surface area (Å²) in [6.45, 7) is 1.94. The van der Waals surface area contributed by atoms with Gasteiger partial charge in [-0.25, -0.2) is 13.1 Å². The lowest BCUT2D eigenvalue weighted by molar-refractivity contribution is 0.582. The van der Waals surface area contributed by atoms with E-state index in [9.17, 15) is 8.42 Å². The van der Waals surface area contributed by atoms with E-state index < -0.39 is 10.0 Å². The predicted octanol–water partition coefficient (Wildman–Crippen LogP) is 2.19. The Labute approximate surface area is 122 Å². The van der Waals surface area contributed by atoms with Crippen molar-refractivity contribution in [2.45, 2.75) is 11.3 Å². The summed E-state index contributed by atoms with van der Waals surface area (Å²) in [7, 11) is -3.64. The quantitative estimate of drug-likeness (QED) is 0.836. The van der Waals surface area contributed by atoms with Crippen molar-refractivity contribution < 1.29 is 8.42 Å². The standard InChI is InChI=1S/C12H14Cl2N2O2S/c13-10-1-2-11(14)12(7-10)19(17,18)16-8-9-3-5-15-6-4-9/h1-3,7,15-16H,4-6,8H2. The SMILES string of the molecule is O=S(=O)(NCC1=CCNCC1)c1cc(Cl)ccc1Cl. The monoisotopic (exact) mass is 320 g/mol. The van der Waals surface area contributed by atoms with Crippen LogP contribution in [-0.2, 0) is 10.0 Å². The zero-order chi connectivity index (χ0) is 13.9. The molecule has 1 aromatic carbocycles. The largest absolute Gasteiger partial charge is 0.313 e. The van der Waals surface area contributed by atoms with Crippen molar-refractivity contribution in [1.29, 1.82) is 0 Å². The van der Waals surface area contributed by atoms with Gasteiger partial charge in [-0.1, -0.05) is 34.9 Å². The molecule has 2 N–H and O–H groups in total. The Hall–Kier alpha value is -0.590. The molecular weight excluding hydrogens is 307 g/mol. The van der Waals surface area contributed by atoms with Crippen LogP contribution in [0.15, 0.2) is 34.7 Å². The van der Waals surface area contributed by atoms with E-state index in [1.807, 2.05) is 6.08 Å². The molecule has 0 unspecified atom stereocenters. The Morgan fingerprint density at radius 2 is 2.11 bits per heavy atom. The summed E-state index contributed by atoms with van der Waals surface area (Å²) < 4.78 is 26.8. The van der Waals surface area contributed by atoms with Crippen LogP contribution < -0.4 is 10.0 Å². The molecular formula is C12H14Cl2N2O2S. The summed E-state index contributed by atoms with van der Waals surface area (Å²) in [5.74, 6) is 0. The molecule has 0 saturated carbocycles. The van der Waals surface area contributed by atoms with Crippen LogP contribution in [0.1, 0.15) is 6.42 Å². The Morgan fingerprint density at radius 1 is 1.32 bits per heavy atom. The fourth-order valence-electron chi connectivity index (χ4n) is 1.78. The third-order valence-electron chi connectivity index (χ3n) is 2.83. The second-order valence-corrected chi connectivity index (χ2v) is 6.79. The van der Waals surface area contributed by atoms with Gasteiger partial charge in [0, 0.05) is 18.1 Å². The molecule has 0 aromatic heterocycles. The molecule has 2 rings (SSSR count). The van der Waals surface area contributed by atoms with E-state index in [1.54, 1.807) is 6.07 Å². The highest BCUT2D eigenvalue weighted by molar-refractivity contribution is 7.89. The molecule has 0 saturated heterocycles. The highest BCUT2D eigenvalue weighted by Crippen LogP contribution is 2.24. The van der Waals surface area contributed by atoms with E-state index in [0.717, 1.165) is 25.1 Å². The smallest absolute Gasteiger partial charge is 0.242 e. The summed E-state index contributed by atoms with van der Waals surface area (Å²) in [5.41, 5.74) is 1.07. The molecule has 0 radical (unpaired) electrons. The van der Waals surface area contributed by atoms with Gasteiger partial charge < -0.3 is 5.32 Å². The molecule has 0 aliphatic carbocycles. The van der Waals surface area contributed by atoms with Gasteiger partial charge >= 0.3 is 0 Å². The average Bonchev–Trinajstić information content (AvgIpc) is 2.40. The van der Waals surface area contributed by atoms with Crippen LogP contribution in [0.5, 0.6) is 0 Å². The molecule has 1 aliphatic heterocycles. The fraction of sp³-hybridized carbons (Fsp3) is 0.333. The third-order valence-corrected chi connectivity index (χ3v) is 4.95. The van der Waals surface area contributed by atoms with Crippen molar-refractivity contribution in [1.82, 2.24) is 10.0 Å². The van der Waals surface area contributed by atoms with Crippen molar-refractivity contribution in [2.24, 2.45) is 0 Å². The van der Waals surface area contributed by atoms with Crippen LogP contribution in [0.3, 0.4) is 0 Å². The highest BCUT2D eigenvalue weighted by Gasteiger charge is 2.18. The zero-order valence-corrected chi connectivity index (χ0v) is 12.4. The lowest BCUT2D eigenvalue weighted by atomic mass is 10.1. The van der Waals surface area contributed by atoms with Crippen LogP contribution in [0.2, 0.25) is 10.0 Å². The van der Waals surface area contributed by atoms with Gasteiger partial charge in [-0.05, 0) is 31.2 Å². The van der Waals surface area contributed by atoms with Gasteiger partial charge in [-0.2, -0.15) is 0 Å². The maximum Gasteiger partial charge on any atom is 0.242 e. The Morgan fingerprint density at radius 3 is 2.79 bits per heavy atom. The second-order valence-electron chi connectivity index (χ2n) is 4.22. The van der Waals surface area contributed by atoms with Gasteiger partial charge in [0.05, 0.1) is 5.02 Å². The molecule has 0 spiro atoms. The van der Waals surface area contributed by atoms with Crippen molar-refractivity contribution in [3.63, 3.8) is 0 Å². The maximum absolute atomic E-state index is 12.2. The molecule has 0 fully saturated rings. The molecule has 104 valence electrons. The van der Waals surface area contributed by atoms with Crippen molar-refractivity contribution in [3.8, 4) is 0 Å². The van der Waals surface area contributed by atoms with E-state index in [0.29, 0.717) is 11.6 Å². The molecule has 4 nitrogen and oxygen atoms in total. The van der Waals surface area contributed by atoms with Crippen molar-refractivity contribution >= 4 is 33.2 Å². The minimum absolute atomic E-state index is 0.0104. The summed E-state index contributed by atoms with van der Waals surface area (Å²) in [5, 5.41) is 3.67. The average molecular weight is 321 g/mol. The van der Waals surface area contributed by atoms with Gasteiger partial charge in [0.15, 0.2) is 0 Å². The predicted molar refractivity (Wildman–Crippen MR) is 77.2 cm³/mol. The summed E-state index contributed by atoms with van der Waals surface area (Å²) in [6, 6.07) is 4.38. The second kappa shape index (κ2) is 6.24. The Kier molecular flexibility index (Phi) is 4.86. The molecule has 0 atom stereocenters. The fourth-order valence-corrected chi connectivity index (χ4v) is 3.58. The first kappa shape index (κ1) is 14.8. The first-order valence-corrected chi connectivity index (χ1v) is 8.06. The molecule has 19 heavy (non-hydrogen) atoms. The minimum atomic E-state index is -3.64. The van der Waals surface area contributed by atoms with Gasteiger partial charge in [0.2, 0.25) is 10.0 Å². The minimum Gasteiger partial charge on any atom is -0.313 e. The van der Waals surface area contributed by atoms with Crippen LogP contribution in [-0.4, -0.2) is 28.1 Å². The summed E-state index contributed by atoms with van der Waals surface area (Å²) in [6.07, 6.45) is 2.83. The summed E-state index contributed by atoms with van der Waals surface area (Å²) >= 11 is 11.7. The molecule has 7 heteroatoms. The van der Waals surface area contributed by atoms with Crippen LogP contribution in [0.25, 0.3) is 0 Å². The third kappa shape index (κ3) is 3.94. The number of hydrogen-bond acceptors (Lipinski definition) is 3. The topological polar surface area (TPSA) is 58.2 Å². The van der Waals surface area contributed by atoms with Crippen LogP contribution in [0, 0.1) is 0 Å². The highest BCUT2D eigenvalue weighted by atomic mass is 35.5. The number of nitrogens with one attached hydrogen (secondary N) is 2. The Bertz CT molecular complexity index is 600. The maximum atomic E-state index is 12.2. The number of benzene rings is 1. The molecule has 0 bridgehead atoms. The van der Waals surface area contributed by atoms with Crippen molar-refractivity contribution in [2.75, 3.05) is 19.6 Å². The van der Waals surface area contributed by atoms with E-state index in [1.165, 1.54) is 12.1 Å². The lowest BCUT2D eigenvalue weighted by Crippen LogP contribution is -2.29. The lowest BCUT2D eigenvalue weighted by Gasteiger charge is -2.15. The summed E-state index contributed by atoms with van der Waals surface area (Å²) in [4.78, 5) is 0.0104. The van der Waals surface area contributed by atoms with Crippen LogP contribution >= 0.6 is 23.2 Å². The molecule has 1 heterocycles. The van der Waals surface area contributed by atoms with E-state index in [-0.39, 0.29) is 9.92 Å². The molecule has 0 amide bonds. The van der Waals surface area contributed by atoms with Gasteiger partial charge in [-0.15, -0.1) is 0 Å². The van der Waals surface area contributed by atoms with Crippen molar-refractivity contribution in [3.05, 3.63) is 39.9 Å². The Balaban J connectivity index is 2.13. The van der Waals surface area contributed by atoms with Gasteiger partial charge in [0.1, 0.15) is 4.90 Å². The van der Waals surface area contributed by atoms with E-state index in [2.05, 4.69) is 10.0 Å². The normalized spacial score (nSPS) is 16.2. The number of rotatable bonds is 4. The molecule has 1 aromatic rings. The number of sulfonamides is 1. The first-order chi connectivity index (χ1) is 8.99. The van der Waals surface area contributed by atoms with Gasteiger partial charge in [0.25, 0.3) is 0 Å². The van der Waals surface area contributed by atoms with Crippen LogP contribution in [0.4, 0.5) is 0 Å².